The van der Waals surface area contributed by atoms with Crippen LogP contribution in [0.15, 0.2) is 47.3 Å². The molecule has 1 heterocycles. The van der Waals surface area contributed by atoms with Crippen LogP contribution in [0.5, 0.6) is 5.75 Å². The summed E-state index contributed by atoms with van der Waals surface area (Å²) in [4.78, 5) is 15.7. The predicted octanol–water partition coefficient (Wildman–Crippen LogP) is 3.71. The lowest BCUT2D eigenvalue weighted by atomic mass is 10.2. The van der Waals surface area contributed by atoms with Crippen LogP contribution in [0.25, 0.3) is 16.6 Å². The molecule has 0 unspecified atom stereocenters. The van der Waals surface area contributed by atoms with Gasteiger partial charge >= 0.3 is 0 Å². The summed E-state index contributed by atoms with van der Waals surface area (Å²) in [7, 11) is 1.55. The van der Waals surface area contributed by atoms with Crippen LogP contribution in [-0.4, -0.2) is 16.7 Å². The highest BCUT2D eigenvalue weighted by Crippen LogP contribution is 2.25. The average molecular weight is 319 g/mol. The van der Waals surface area contributed by atoms with Crippen molar-refractivity contribution in [3.05, 3.63) is 62.6 Å². The monoisotopic (exact) mass is 318 g/mol. The molecule has 0 saturated carbocycles. The molecule has 0 saturated heterocycles. The van der Waals surface area contributed by atoms with Crippen molar-refractivity contribution in [3.63, 3.8) is 0 Å². The van der Waals surface area contributed by atoms with Gasteiger partial charge in [-0.1, -0.05) is 23.7 Å². The molecule has 6 heteroatoms. The van der Waals surface area contributed by atoms with Crippen LogP contribution in [-0.2, 0) is 0 Å². The molecular weight excluding hydrogens is 308 g/mol. The topological polar surface area (TPSA) is 47.0 Å². The normalized spacial score (nSPS) is 10.8. The molecule has 3 rings (SSSR count). The number of rotatable bonds is 2. The van der Waals surface area contributed by atoms with Gasteiger partial charge in [0.2, 0.25) is 0 Å². The Morgan fingerprint density at radius 3 is 2.76 bits per heavy atom. The van der Waals surface area contributed by atoms with E-state index in [1.54, 1.807) is 37.4 Å². The fourth-order valence-corrected chi connectivity index (χ4v) is 2.67. The summed E-state index contributed by atoms with van der Waals surface area (Å²) in [6, 6.07) is 12.3. The van der Waals surface area contributed by atoms with Gasteiger partial charge in [0.05, 0.1) is 28.7 Å². The molecule has 2 aromatic carbocycles. The average Bonchev–Trinajstić information content (AvgIpc) is 2.49. The van der Waals surface area contributed by atoms with E-state index in [4.69, 9.17) is 28.6 Å². The number of aromatic nitrogens is 2. The molecule has 0 aliphatic carbocycles. The molecule has 4 nitrogen and oxygen atoms in total. The second-order valence-corrected chi connectivity index (χ2v) is 5.23. The van der Waals surface area contributed by atoms with E-state index in [0.717, 1.165) is 0 Å². The van der Waals surface area contributed by atoms with Crippen LogP contribution in [0.1, 0.15) is 0 Å². The minimum Gasteiger partial charge on any atom is -0.497 e. The first-order valence-corrected chi connectivity index (χ1v) is 6.98. The Bertz CT molecular complexity index is 946. The highest BCUT2D eigenvalue weighted by atomic mass is 35.5. The summed E-state index contributed by atoms with van der Waals surface area (Å²) < 4.78 is 6.84. The number of aromatic amines is 1. The number of ether oxygens (including phenoxy) is 1. The summed E-state index contributed by atoms with van der Waals surface area (Å²) in [6.45, 7) is 0. The lowest BCUT2D eigenvalue weighted by Crippen LogP contribution is -2.20. The third-order valence-electron chi connectivity index (χ3n) is 3.20. The van der Waals surface area contributed by atoms with Gasteiger partial charge in [-0.05, 0) is 36.5 Å². The van der Waals surface area contributed by atoms with Gasteiger partial charge in [-0.3, -0.25) is 9.36 Å². The Morgan fingerprint density at radius 1 is 1.24 bits per heavy atom. The van der Waals surface area contributed by atoms with Gasteiger partial charge < -0.3 is 9.72 Å². The summed E-state index contributed by atoms with van der Waals surface area (Å²) in [5, 5.41) is 0.970. The van der Waals surface area contributed by atoms with Crippen LogP contribution in [0.4, 0.5) is 0 Å². The number of fused-ring (bicyclic) bond motifs is 1. The fraction of sp³-hybridized carbons (Fsp3) is 0.0667. The number of hydrogen-bond donors (Lipinski definition) is 1. The highest BCUT2D eigenvalue weighted by Gasteiger charge is 2.11. The minimum atomic E-state index is -0.218. The van der Waals surface area contributed by atoms with Gasteiger partial charge in [-0.15, -0.1) is 0 Å². The van der Waals surface area contributed by atoms with E-state index >= 15 is 0 Å². The second kappa shape index (κ2) is 5.35. The van der Waals surface area contributed by atoms with Crippen molar-refractivity contribution in [1.82, 2.24) is 9.55 Å². The van der Waals surface area contributed by atoms with E-state index < -0.39 is 0 Å². The van der Waals surface area contributed by atoms with Crippen LogP contribution in [0.2, 0.25) is 5.02 Å². The zero-order valence-electron chi connectivity index (χ0n) is 11.1. The van der Waals surface area contributed by atoms with E-state index in [-0.39, 0.29) is 10.3 Å². The first-order chi connectivity index (χ1) is 10.1. The molecule has 21 heavy (non-hydrogen) atoms. The summed E-state index contributed by atoms with van der Waals surface area (Å²) in [5.41, 5.74) is 0.972. The Labute approximate surface area is 130 Å². The van der Waals surface area contributed by atoms with E-state index in [1.165, 1.54) is 4.57 Å². The molecule has 1 aromatic heterocycles. The summed E-state index contributed by atoms with van der Waals surface area (Å²) >= 11 is 11.5. The maximum absolute atomic E-state index is 12.7. The lowest BCUT2D eigenvalue weighted by Gasteiger charge is -2.11. The number of H-pyrrole nitrogens is 1. The van der Waals surface area contributed by atoms with E-state index in [0.29, 0.717) is 27.4 Å². The Kier molecular flexibility index (Phi) is 3.53. The van der Waals surface area contributed by atoms with Crippen LogP contribution < -0.4 is 10.3 Å². The standard InChI is InChI=1S/C15H11ClN2O2S/c1-20-9-6-7-11(16)13(8-9)18-14(19)10-4-2-3-5-12(10)17-15(18)21/h2-8H,1H3,(H,17,21). The van der Waals surface area contributed by atoms with Gasteiger partial charge in [0, 0.05) is 6.07 Å². The quantitative estimate of drug-likeness (QED) is 0.733. The molecule has 0 aliphatic heterocycles. The smallest absolute Gasteiger partial charge is 0.266 e. The van der Waals surface area contributed by atoms with Gasteiger partial charge in [0.25, 0.3) is 5.56 Å². The molecule has 0 aliphatic rings. The van der Waals surface area contributed by atoms with Gasteiger partial charge in [-0.2, -0.15) is 0 Å². The Hall–Kier alpha value is -2.11. The fourth-order valence-electron chi connectivity index (χ4n) is 2.17. The van der Waals surface area contributed by atoms with Gasteiger partial charge in [0.1, 0.15) is 5.75 Å². The molecule has 0 fully saturated rings. The first kappa shape index (κ1) is 13.9. The van der Waals surface area contributed by atoms with Crippen molar-refractivity contribution in [2.45, 2.75) is 0 Å². The molecular formula is C15H11ClN2O2S. The van der Waals surface area contributed by atoms with E-state index in [2.05, 4.69) is 4.98 Å². The second-order valence-electron chi connectivity index (χ2n) is 4.43. The largest absolute Gasteiger partial charge is 0.497 e. The third-order valence-corrected chi connectivity index (χ3v) is 3.80. The number of para-hydroxylation sites is 1. The van der Waals surface area contributed by atoms with Crippen molar-refractivity contribution >= 4 is 34.7 Å². The molecule has 0 amide bonds. The van der Waals surface area contributed by atoms with E-state index in [1.807, 2.05) is 12.1 Å². The number of nitrogens with one attached hydrogen (secondary N) is 1. The maximum Gasteiger partial charge on any atom is 0.266 e. The zero-order valence-corrected chi connectivity index (χ0v) is 12.7. The van der Waals surface area contributed by atoms with Crippen molar-refractivity contribution in [3.8, 4) is 11.4 Å². The predicted molar refractivity (Wildman–Crippen MR) is 86.3 cm³/mol. The molecule has 0 bridgehead atoms. The molecule has 3 aromatic rings. The lowest BCUT2D eigenvalue weighted by molar-refractivity contribution is 0.414. The molecule has 0 atom stereocenters. The van der Waals surface area contributed by atoms with Gasteiger partial charge in [0.15, 0.2) is 4.77 Å². The SMILES string of the molecule is COc1ccc(Cl)c(-n2c(=S)[nH]c3ccccc3c2=O)c1. The van der Waals surface area contributed by atoms with Crippen LogP contribution in [0.3, 0.4) is 0 Å². The van der Waals surface area contributed by atoms with Crippen molar-refractivity contribution < 1.29 is 4.74 Å². The number of benzene rings is 2. The van der Waals surface area contributed by atoms with Crippen molar-refractivity contribution in [1.29, 1.82) is 0 Å². The minimum absolute atomic E-state index is 0.218. The number of halogens is 1. The van der Waals surface area contributed by atoms with Crippen molar-refractivity contribution in [2.24, 2.45) is 0 Å². The number of nitrogens with zero attached hydrogens (tertiary/aromatic N) is 1. The molecule has 106 valence electrons. The number of methoxy groups -OCH3 is 1. The summed E-state index contributed by atoms with van der Waals surface area (Å²) in [5.74, 6) is 0.601. The zero-order chi connectivity index (χ0) is 15.0. The third kappa shape index (κ3) is 2.34. The molecule has 1 N–H and O–H groups in total. The van der Waals surface area contributed by atoms with Crippen LogP contribution in [0, 0.1) is 4.77 Å². The highest BCUT2D eigenvalue weighted by molar-refractivity contribution is 7.71. The Morgan fingerprint density at radius 2 is 2.00 bits per heavy atom. The molecule has 0 spiro atoms. The molecule has 0 radical (unpaired) electrons. The Balaban J connectivity index is 2.41. The van der Waals surface area contributed by atoms with Crippen LogP contribution >= 0.6 is 23.8 Å². The summed E-state index contributed by atoms with van der Waals surface area (Å²) in [6.07, 6.45) is 0. The van der Waals surface area contributed by atoms with Crippen molar-refractivity contribution in [2.75, 3.05) is 7.11 Å². The van der Waals surface area contributed by atoms with Gasteiger partial charge in [-0.25, -0.2) is 0 Å². The number of hydrogen-bond acceptors (Lipinski definition) is 3. The first-order valence-electron chi connectivity index (χ1n) is 6.20. The van der Waals surface area contributed by atoms with E-state index in [9.17, 15) is 4.79 Å². The maximum atomic E-state index is 12.7.